The molecule has 7 nitrogen and oxygen atoms in total. The first kappa shape index (κ1) is 15.2. The fraction of sp³-hybridized carbons (Fsp3) is 0.308. The van der Waals surface area contributed by atoms with Crippen LogP contribution in [-0.2, 0) is 11.5 Å². The summed E-state index contributed by atoms with van der Waals surface area (Å²) in [5.41, 5.74) is 6.02. The largest absolute Gasteiger partial charge is 0.396 e. The number of aliphatic hydroxyl groups is 1. The fourth-order valence-corrected chi connectivity index (χ4v) is 2.00. The monoisotopic (exact) mass is 306 g/mol. The minimum atomic E-state index is -0.720. The number of aliphatic hydroxyl groups excluding tert-OH is 1. The lowest BCUT2D eigenvalue weighted by atomic mass is 10.3. The molecule has 2 heterocycles. The van der Waals surface area contributed by atoms with Gasteiger partial charge in [-0.1, -0.05) is 5.92 Å². The summed E-state index contributed by atoms with van der Waals surface area (Å²) < 4.78 is 6.69. The van der Waals surface area contributed by atoms with Crippen molar-refractivity contribution in [2.45, 2.75) is 13.2 Å². The van der Waals surface area contributed by atoms with Gasteiger partial charge in [-0.25, -0.2) is 4.68 Å². The molecule has 0 aromatic carbocycles. The zero-order valence-corrected chi connectivity index (χ0v) is 12.0. The van der Waals surface area contributed by atoms with Crippen LogP contribution in [0.1, 0.15) is 28.4 Å². The number of rotatable bonds is 6. The summed E-state index contributed by atoms with van der Waals surface area (Å²) in [5, 5.41) is 16.5. The van der Waals surface area contributed by atoms with Crippen LogP contribution < -0.4 is 5.73 Å². The number of thiophene rings is 1. The van der Waals surface area contributed by atoms with Gasteiger partial charge in [0.05, 0.1) is 6.61 Å². The summed E-state index contributed by atoms with van der Waals surface area (Å²) >= 11 is 1.54. The molecular formula is C13H14N4O3S. The minimum absolute atomic E-state index is 0.0503. The normalized spacial score (nSPS) is 10.1. The second-order valence-electron chi connectivity index (χ2n) is 4.00. The second kappa shape index (κ2) is 7.54. The number of ether oxygens (including phenoxy) is 1. The van der Waals surface area contributed by atoms with Crippen LogP contribution in [0.5, 0.6) is 0 Å². The number of aromatic nitrogens is 3. The Kier molecular flexibility index (Phi) is 5.45. The maximum absolute atomic E-state index is 11.1. The maximum atomic E-state index is 11.1. The highest BCUT2D eigenvalue weighted by molar-refractivity contribution is 7.08. The van der Waals surface area contributed by atoms with Gasteiger partial charge in [-0.3, -0.25) is 4.79 Å². The van der Waals surface area contributed by atoms with Crippen molar-refractivity contribution < 1.29 is 14.6 Å². The van der Waals surface area contributed by atoms with Crippen molar-refractivity contribution in [1.29, 1.82) is 0 Å². The van der Waals surface area contributed by atoms with E-state index in [1.165, 1.54) is 4.68 Å². The van der Waals surface area contributed by atoms with Crippen LogP contribution in [-0.4, -0.2) is 39.0 Å². The Hall–Kier alpha value is -2.21. The van der Waals surface area contributed by atoms with E-state index in [0.29, 0.717) is 18.9 Å². The Bertz CT molecular complexity index is 655. The molecule has 1 amide bonds. The molecular weight excluding hydrogens is 292 g/mol. The molecule has 0 aliphatic rings. The SMILES string of the molecule is NC(=O)c1nc(C#Cc2ccsc2)n(COCCCO)n1. The Labute approximate surface area is 125 Å². The molecule has 0 aliphatic heterocycles. The Morgan fingerprint density at radius 2 is 2.38 bits per heavy atom. The molecule has 0 saturated heterocycles. The number of hydrogen-bond acceptors (Lipinski definition) is 6. The molecule has 8 heteroatoms. The van der Waals surface area contributed by atoms with Gasteiger partial charge in [0.1, 0.15) is 6.73 Å². The third-order valence-corrected chi connectivity index (χ3v) is 3.08. The standard InChI is InChI=1S/C13H14N4O3S/c14-12(19)13-15-11(3-2-10-4-7-21-8-10)17(16-13)9-20-6-1-5-18/h4,7-8,18H,1,5-6,9H2,(H2,14,19). The van der Waals surface area contributed by atoms with Gasteiger partial charge < -0.3 is 15.6 Å². The first-order valence-electron chi connectivity index (χ1n) is 6.18. The first-order valence-corrected chi connectivity index (χ1v) is 7.12. The highest BCUT2D eigenvalue weighted by Crippen LogP contribution is 2.04. The molecule has 0 radical (unpaired) electrons. The van der Waals surface area contributed by atoms with E-state index in [2.05, 4.69) is 21.9 Å². The van der Waals surface area contributed by atoms with E-state index in [1.54, 1.807) is 11.3 Å². The highest BCUT2D eigenvalue weighted by atomic mass is 32.1. The van der Waals surface area contributed by atoms with E-state index in [1.807, 2.05) is 16.8 Å². The Balaban J connectivity index is 2.15. The van der Waals surface area contributed by atoms with Gasteiger partial charge >= 0.3 is 0 Å². The summed E-state index contributed by atoms with van der Waals surface area (Å²) in [4.78, 5) is 15.1. The molecule has 0 fully saturated rings. The lowest BCUT2D eigenvalue weighted by Crippen LogP contribution is -2.14. The van der Waals surface area contributed by atoms with Gasteiger partial charge in [-0.05, 0) is 23.8 Å². The van der Waals surface area contributed by atoms with Crippen LogP contribution in [0.4, 0.5) is 0 Å². The molecule has 21 heavy (non-hydrogen) atoms. The summed E-state index contributed by atoms with van der Waals surface area (Å²) in [7, 11) is 0. The molecule has 0 saturated carbocycles. The van der Waals surface area contributed by atoms with Crippen molar-refractivity contribution >= 4 is 17.2 Å². The number of primary amides is 1. The number of carbonyl (C=O) groups is 1. The van der Waals surface area contributed by atoms with Gasteiger partial charge in [0.25, 0.3) is 5.91 Å². The second-order valence-corrected chi connectivity index (χ2v) is 4.78. The number of nitrogens with two attached hydrogens (primary N) is 1. The molecule has 0 aliphatic carbocycles. The van der Waals surface area contributed by atoms with E-state index >= 15 is 0 Å². The fourth-order valence-electron chi connectivity index (χ4n) is 1.41. The smallest absolute Gasteiger partial charge is 0.288 e. The minimum Gasteiger partial charge on any atom is -0.396 e. The van der Waals surface area contributed by atoms with Crippen molar-refractivity contribution in [1.82, 2.24) is 14.8 Å². The highest BCUT2D eigenvalue weighted by Gasteiger charge is 2.12. The third-order valence-electron chi connectivity index (χ3n) is 2.39. The lowest BCUT2D eigenvalue weighted by Gasteiger charge is -2.03. The van der Waals surface area contributed by atoms with Crippen LogP contribution >= 0.6 is 11.3 Å². The van der Waals surface area contributed by atoms with Gasteiger partial charge in [0.2, 0.25) is 11.6 Å². The third kappa shape index (κ3) is 4.39. The van der Waals surface area contributed by atoms with Crippen LogP contribution in [0.2, 0.25) is 0 Å². The van der Waals surface area contributed by atoms with Crippen LogP contribution in [0.3, 0.4) is 0 Å². The molecule has 2 aromatic heterocycles. The summed E-state index contributed by atoms with van der Waals surface area (Å²) in [5.74, 6) is 5.25. The molecule has 3 N–H and O–H groups in total. The van der Waals surface area contributed by atoms with Crippen molar-refractivity contribution in [3.8, 4) is 11.8 Å². The van der Waals surface area contributed by atoms with Crippen molar-refractivity contribution in [2.24, 2.45) is 5.73 Å². The lowest BCUT2D eigenvalue weighted by molar-refractivity contribution is 0.0575. The molecule has 0 spiro atoms. The Morgan fingerprint density at radius 3 is 3.05 bits per heavy atom. The quantitative estimate of drug-likeness (QED) is 0.586. The zero-order valence-electron chi connectivity index (χ0n) is 11.2. The average molecular weight is 306 g/mol. The van der Waals surface area contributed by atoms with Gasteiger partial charge in [-0.2, -0.15) is 16.3 Å². The Morgan fingerprint density at radius 1 is 1.52 bits per heavy atom. The van der Waals surface area contributed by atoms with Crippen molar-refractivity contribution in [3.05, 3.63) is 34.0 Å². The van der Waals surface area contributed by atoms with Crippen LogP contribution in [0.15, 0.2) is 16.8 Å². The molecule has 2 rings (SSSR count). The number of amides is 1. The van der Waals surface area contributed by atoms with E-state index in [-0.39, 0.29) is 19.2 Å². The van der Waals surface area contributed by atoms with E-state index in [9.17, 15) is 4.79 Å². The molecule has 2 aromatic rings. The molecule has 0 atom stereocenters. The average Bonchev–Trinajstić information content (AvgIpc) is 3.11. The van der Waals surface area contributed by atoms with Crippen molar-refractivity contribution in [2.75, 3.05) is 13.2 Å². The first-order chi connectivity index (χ1) is 10.2. The molecule has 110 valence electrons. The van der Waals surface area contributed by atoms with Crippen LogP contribution in [0, 0.1) is 11.8 Å². The van der Waals surface area contributed by atoms with E-state index < -0.39 is 5.91 Å². The maximum Gasteiger partial charge on any atom is 0.288 e. The van der Waals surface area contributed by atoms with E-state index in [0.717, 1.165) is 5.56 Å². The van der Waals surface area contributed by atoms with Gasteiger partial charge in [-0.15, -0.1) is 5.10 Å². The zero-order chi connectivity index (χ0) is 15.1. The van der Waals surface area contributed by atoms with E-state index in [4.69, 9.17) is 15.6 Å². The van der Waals surface area contributed by atoms with Gasteiger partial charge in [0, 0.05) is 17.6 Å². The predicted molar refractivity (Wildman–Crippen MR) is 76.5 cm³/mol. The number of carbonyl (C=O) groups excluding carboxylic acids is 1. The topological polar surface area (TPSA) is 103 Å². The molecule has 0 bridgehead atoms. The van der Waals surface area contributed by atoms with Gasteiger partial charge in [0.15, 0.2) is 0 Å². The van der Waals surface area contributed by atoms with Crippen LogP contribution in [0.25, 0.3) is 0 Å². The summed E-state index contributed by atoms with van der Waals surface area (Å²) in [6.07, 6.45) is 0.521. The summed E-state index contributed by atoms with van der Waals surface area (Å²) in [6.45, 7) is 0.516. The number of hydrogen-bond donors (Lipinski definition) is 2. The summed E-state index contributed by atoms with van der Waals surface area (Å²) in [6, 6.07) is 1.88. The number of nitrogens with zero attached hydrogens (tertiary/aromatic N) is 3. The predicted octanol–water partition coefficient (Wildman–Crippen LogP) is 0.195. The van der Waals surface area contributed by atoms with Crippen molar-refractivity contribution in [3.63, 3.8) is 0 Å². The molecule has 0 unspecified atom stereocenters.